The van der Waals surface area contributed by atoms with Crippen LogP contribution in [-0.2, 0) is 6.54 Å². The molecule has 0 saturated heterocycles. The molecule has 0 saturated carbocycles. The third-order valence-electron chi connectivity index (χ3n) is 3.67. The molecular weight excluding hydrogens is 336 g/mol. The van der Waals surface area contributed by atoms with Crippen LogP contribution in [0.5, 0.6) is 0 Å². The predicted molar refractivity (Wildman–Crippen MR) is 97.1 cm³/mol. The molecule has 124 valence electrons. The van der Waals surface area contributed by atoms with Gasteiger partial charge in [-0.25, -0.2) is 19.3 Å². The number of imidazole rings is 1. The van der Waals surface area contributed by atoms with Crippen LogP contribution in [0.4, 0.5) is 10.7 Å². The van der Waals surface area contributed by atoms with Crippen molar-refractivity contribution in [2.75, 3.05) is 5.73 Å². The Hall–Kier alpha value is -3.26. The van der Waals surface area contributed by atoms with E-state index >= 15 is 0 Å². The minimum Gasteiger partial charge on any atom is -0.368 e. The third kappa shape index (κ3) is 2.94. The molecule has 1 amide bonds. The third-order valence-corrected chi connectivity index (χ3v) is 4.55. The lowest BCUT2D eigenvalue weighted by atomic mass is 10.2. The van der Waals surface area contributed by atoms with E-state index < -0.39 is 0 Å². The molecule has 3 aromatic heterocycles. The molecule has 0 radical (unpaired) electrons. The van der Waals surface area contributed by atoms with Gasteiger partial charge in [-0.15, -0.1) is 11.3 Å². The number of nitrogens with zero attached hydrogens (tertiary/aromatic N) is 4. The molecule has 0 aliphatic carbocycles. The van der Waals surface area contributed by atoms with Crippen molar-refractivity contribution in [2.24, 2.45) is 0 Å². The summed E-state index contributed by atoms with van der Waals surface area (Å²) in [5, 5.41) is 4.80. The van der Waals surface area contributed by atoms with Crippen LogP contribution in [0.3, 0.4) is 0 Å². The zero-order valence-corrected chi connectivity index (χ0v) is 13.9. The Morgan fingerprint density at radius 2 is 2.00 bits per heavy atom. The molecule has 0 atom stereocenters. The second-order valence-electron chi connectivity index (χ2n) is 5.34. The van der Waals surface area contributed by atoms with Crippen LogP contribution in [0.25, 0.3) is 21.7 Å². The van der Waals surface area contributed by atoms with Gasteiger partial charge in [0.1, 0.15) is 17.5 Å². The number of nitrogen functional groups attached to an aromatic ring is 1. The molecule has 0 aliphatic rings. The van der Waals surface area contributed by atoms with Crippen LogP contribution in [0.15, 0.2) is 54.2 Å². The van der Waals surface area contributed by atoms with E-state index in [0.29, 0.717) is 23.4 Å². The number of rotatable bonds is 3. The monoisotopic (exact) mass is 350 g/mol. The predicted octanol–water partition coefficient (Wildman–Crippen LogP) is 2.89. The number of nitrogens with one attached hydrogen (secondary N) is 1. The molecule has 25 heavy (non-hydrogen) atoms. The van der Waals surface area contributed by atoms with Crippen LogP contribution in [0, 0.1) is 0 Å². The highest BCUT2D eigenvalue weighted by atomic mass is 32.1. The van der Waals surface area contributed by atoms with Gasteiger partial charge < -0.3 is 11.1 Å². The van der Waals surface area contributed by atoms with Crippen molar-refractivity contribution in [1.29, 1.82) is 0 Å². The van der Waals surface area contributed by atoms with Crippen molar-refractivity contribution >= 4 is 34.5 Å². The SMILES string of the molecule is Nc1nc(-c2cccs2)c2ncn(C(=O)NCc3ccccc3)c2n1. The fourth-order valence-corrected chi connectivity index (χ4v) is 3.22. The van der Waals surface area contributed by atoms with Crippen LogP contribution in [0.2, 0.25) is 0 Å². The molecule has 4 aromatic rings. The standard InChI is InChI=1S/C17H14N6OS/c18-16-21-13(12-7-4-8-25-12)14-15(22-16)23(10-20-14)17(24)19-9-11-5-2-1-3-6-11/h1-8,10H,9H2,(H,19,24)(H2,18,21,22). The van der Waals surface area contributed by atoms with Gasteiger partial charge in [0.15, 0.2) is 5.65 Å². The molecular formula is C17H14N6OS. The lowest BCUT2D eigenvalue weighted by Crippen LogP contribution is -2.27. The number of carbonyl (C=O) groups excluding carboxylic acids is 1. The van der Waals surface area contributed by atoms with Gasteiger partial charge in [-0.05, 0) is 17.0 Å². The fraction of sp³-hybridized carbons (Fsp3) is 0.0588. The topological polar surface area (TPSA) is 98.7 Å². The van der Waals surface area contributed by atoms with Crippen molar-refractivity contribution in [2.45, 2.75) is 6.54 Å². The number of hydrogen-bond donors (Lipinski definition) is 2. The van der Waals surface area contributed by atoms with E-state index in [0.717, 1.165) is 10.4 Å². The summed E-state index contributed by atoms with van der Waals surface area (Å²) in [4.78, 5) is 26.2. The Balaban J connectivity index is 1.67. The van der Waals surface area contributed by atoms with Gasteiger partial charge in [0.05, 0.1) is 4.88 Å². The first-order valence-electron chi connectivity index (χ1n) is 7.59. The normalized spacial score (nSPS) is 10.9. The molecule has 3 heterocycles. The number of hydrogen-bond acceptors (Lipinski definition) is 6. The van der Waals surface area contributed by atoms with Gasteiger partial charge in [-0.2, -0.15) is 4.98 Å². The van der Waals surface area contributed by atoms with E-state index in [4.69, 9.17) is 5.73 Å². The molecule has 7 nitrogen and oxygen atoms in total. The Labute approximate surface area is 147 Å². The molecule has 1 aromatic carbocycles. The highest BCUT2D eigenvalue weighted by molar-refractivity contribution is 7.13. The number of amides is 1. The minimum atomic E-state index is -0.318. The zero-order valence-electron chi connectivity index (χ0n) is 13.1. The molecule has 0 aliphatic heterocycles. The Bertz CT molecular complexity index is 1030. The molecule has 4 rings (SSSR count). The summed E-state index contributed by atoms with van der Waals surface area (Å²) in [5.41, 5.74) is 8.41. The van der Waals surface area contributed by atoms with Crippen molar-refractivity contribution in [1.82, 2.24) is 24.8 Å². The van der Waals surface area contributed by atoms with E-state index in [1.54, 1.807) is 0 Å². The number of carbonyl (C=O) groups is 1. The van der Waals surface area contributed by atoms with Crippen molar-refractivity contribution in [3.8, 4) is 10.6 Å². The Kier molecular flexibility index (Phi) is 3.87. The van der Waals surface area contributed by atoms with Gasteiger partial charge in [-0.1, -0.05) is 36.4 Å². The van der Waals surface area contributed by atoms with Gasteiger partial charge >= 0.3 is 6.03 Å². The van der Waals surface area contributed by atoms with E-state index in [9.17, 15) is 4.79 Å². The van der Waals surface area contributed by atoms with Crippen LogP contribution < -0.4 is 11.1 Å². The summed E-state index contributed by atoms with van der Waals surface area (Å²) < 4.78 is 1.35. The van der Waals surface area contributed by atoms with Crippen LogP contribution in [0.1, 0.15) is 5.56 Å². The summed E-state index contributed by atoms with van der Waals surface area (Å²) >= 11 is 1.53. The second-order valence-corrected chi connectivity index (χ2v) is 6.29. The fourth-order valence-electron chi connectivity index (χ4n) is 2.51. The van der Waals surface area contributed by atoms with Crippen molar-refractivity contribution < 1.29 is 4.79 Å². The number of fused-ring (bicyclic) bond motifs is 1. The maximum absolute atomic E-state index is 12.5. The van der Waals surface area contributed by atoms with Crippen LogP contribution in [-0.4, -0.2) is 25.6 Å². The lowest BCUT2D eigenvalue weighted by Gasteiger charge is -2.07. The first kappa shape index (κ1) is 15.3. The molecule has 0 unspecified atom stereocenters. The summed E-state index contributed by atoms with van der Waals surface area (Å²) in [6.45, 7) is 0.414. The molecule has 3 N–H and O–H groups in total. The van der Waals surface area contributed by atoms with Crippen LogP contribution >= 0.6 is 11.3 Å². The number of anilines is 1. The number of benzene rings is 1. The summed E-state index contributed by atoms with van der Waals surface area (Å²) in [7, 11) is 0. The number of nitrogens with two attached hydrogens (primary N) is 1. The first-order valence-corrected chi connectivity index (χ1v) is 8.47. The second kappa shape index (κ2) is 6.33. The van der Waals surface area contributed by atoms with E-state index in [-0.39, 0.29) is 12.0 Å². The number of thiophene rings is 1. The van der Waals surface area contributed by atoms with E-state index in [1.807, 2.05) is 47.8 Å². The minimum absolute atomic E-state index is 0.105. The number of aromatic nitrogens is 4. The highest BCUT2D eigenvalue weighted by Gasteiger charge is 2.17. The highest BCUT2D eigenvalue weighted by Crippen LogP contribution is 2.29. The van der Waals surface area contributed by atoms with Gasteiger partial charge in [0, 0.05) is 6.54 Å². The summed E-state index contributed by atoms with van der Waals surface area (Å²) in [5.74, 6) is 0.105. The Morgan fingerprint density at radius 1 is 1.16 bits per heavy atom. The van der Waals surface area contributed by atoms with Gasteiger partial charge in [0.25, 0.3) is 0 Å². The molecule has 0 bridgehead atoms. The van der Waals surface area contributed by atoms with Crippen molar-refractivity contribution in [3.05, 3.63) is 59.7 Å². The zero-order chi connectivity index (χ0) is 17.2. The quantitative estimate of drug-likeness (QED) is 0.592. The molecule has 0 fully saturated rings. The summed E-state index contributed by atoms with van der Waals surface area (Å²) in [6, 6.07) is 13.2. The maximum atomic E-state index is 12.5. The van der Waals surface area contributed by atoms with E-state index in [1.165, 1.54) is 22.2 Å². The molecule has 0 spiro atoms. The largest absolute Gasteiger partial charge is 0.368 e. The summed E-state index contributed by atoms with van der Waals surface area (Å²) in [6.07, 6.45) is 1.44. The average molecular weight is 350 g/mol. The first-order chi connectivity index (χ1) is 12.2. The van der Waals surface area contributed by atoms with E-state index in [2.05, 4.69) is 20.3 Å². The van der Waals surface area contributed by atoms with Crippen molar-refractivity contribution in [3.63, 3.8) is 0 Å². The lowest BCUT2D eigenvalue weighted by molar-refractivity contribution is 0.242. The average Bonchev–Trinajstić information content (AvgIpc) is 3.29. The van der Waals surface area contributed by atoms with Gasteiger partial charge in [0.2, 0.25) is 5.95 Å². The Morgan fingerprint density at radius 3 is 2.76 bits per heavy atom. The van der Waals surface area contributed by atoms with Gasteiger partial charge in [-0.3, -0.25) is 0 Å². The molecule has 8 heteroatoms. The smallest absolute Gasteiger partial charge is 0.328 e. The maximum Gasteiger partial charge on any atom is 0.328 e.